The predicted octanol–water partition coefficient (Wildman–Crippen LogP) is 6.18. The van der Waals surface area contributed by atoms with E-state index in [0.29, 0.717) is 38.6 Å². The Morgan fingerprint density at radius 1 is 0.946 bits per heavy atom. The Bertz CT molecular complexity index is 1380. The van der Waals surface area contributed by atoms with E-state index >= 15 is 0 Å². The highest BCUT2D eigenvalue weighted by atomic mass is 127. The van der Waals surface area contributed by atoms with Gasteiger partial charge in [0.25, 0.3) is 11.8 Å². The van der Waals surface area contributed by atoms with Gasteiger partial charge in [0, 0.05) is 11.4 Å². The molecule has 0 fully saturated rings. The van der Waals surface area contributed by atoms with Gasteiger partial charge in [-0.2, -0.15) is 5.26 Å². The summed E-state index contributed by atoms with van der Waals surface area (Å²) < 4.78 is 12.2. The molecule has 0 aliphatic carbocycles. The van der Waals surface area contributed by atoms with Crippen LogP contribution in [0.5, 0.6) is 11.5 Å². The number of rotatable bonds is 9. The molecule has 0 bridgehead atoms. The van der Waals surface area contributed by atoms with Crippen molar-refractivity contribution in [1.29, 1.82) is 5.26 Å². The van der Waals surface area contributed by atoms with Crippen LogP contribution < -0.4 is 20.1 Å². The number of benzene rings is 3. The number of hydrogen-bond acceptors (Lipinski definition) is 5. The zero-order valence-electron chi connectivity index (χ0n) is 21.1. The van der Waals surface area contributed by atoms with Gasteiger partial charge in [-0.15, -0.1) is 0 Å². The molecule has 37 heavy (non-hydrogen) atoms. The highest BCUT2D eigenvalue weighted by molar-refractivity contribution is 14.1. The van der Waals surface area contributed by atoms with Gasteiger partial charge in [-0.05, 0) is 109 Å². The zero-order valence-corrected chi connectivity index (χ0v) is 23.3. The van der Waals surface area contributed by atoms with Crippen molar-refractivity contribution in [2.45, 2.75) is 27.7 Å². The van der Waals surface area contributed by atoms with Crippen molar-refractivity contribution in [3.8, 4) is 17.6 Å². The highest BCUT2D eigenvalue weighted by Crippen LogP contribution is 2.35. The van der Waals surface area contributed by atoms with E-state index in [1.807, 2.05) is 64.1 Å². The molecule has 3 aromatic carbocycles. The molecule has 0 unspecified atom stereocenters. The van der Waals surface area contributed by atoms with Gasteiger partial charge in [0.2, 0.25) is 0 Å². The largest absolute Gasteiger partial charge is 0.490 e. The van der Waals surface area contributed by atoms with Crippen LogP contribution in [0, 0.1) is 35.7 Å². The second-order valence-electron chi connectivity index (χ2n) is 8.39. The van der Waals surface area contributed by atoms with Crippen LogP contribution in [0.25, 0.3) is 6.08 Å². The van der Waals surface area contributed by atoms with Crippen LogP contribution in [0.2, 0.25) is 0 Å². The summed E-state index contributed by atoms with van der Waals surface area (Å²) in [6.45, 7) is 7.94. The Morgan fingerprint density at radius 2 is 1.65 bits per heavy atom. The molecule has 190 valence electrons. The number of hydrogen-bond donors (Lipinski definition) is 2. The third kappa shape index (κ3) is 7.82. The summed E-state index contributed by atoms with van der Waals surface area (Å²) in [7, 11) is 0. The normalized spacial score (nSPS) is 10.9. The molecular formula is C29H28IN3O4. The van der Waals surface area contributed by atoms with E-state index in [2.05, 4.69) is 33.2 Å². The van der Waals surface area contributed by atoms with Gasteiger partial charge in [-0.1, -0.05) is 23.8 Å². The van der Waals surface area contributed by atoms with Crippen LogP contribution in [-0.2, 0) is 9.59 Å². The number of aryl methyl sites for hydroxylation is 3. The molecule has 0 saturated carbocycles. The summed E-state index contributed by atoms with van der Waals surface area (Å²) in [6.07, 6.45) is 1.49. The molecule has 3 aromatic rings. The quantitative estimate of drug-likeness (QED) is 0.172. The molecule has 0 radical (unpaired) electrons. The maximum absolute atomic E-state index is 12.7. The lowest BCUT2D eigenvalue weighted by molar-refractivity contribution is -0.118. The van der Waals surface area contributed by atoms with Crippen molar-refractivity contribution in [3.05, 3.63) is 86.0 Å². The first-order valence-electron chi connectivity index (χ1n) is 11.7. The van der Waals surface area contributed by atoms with Crippen molar-refractivity contribution in [1.82, 2.24) is 0 Å². The summed E-state index contributed by atoms with van der Waals surface area (Å²) in [5, 5.41) is 15.2. The Morgan fingerprint density at radius 3 is 2.30 bits per heavy atom. The van der Waals surface area contributed by atoms with E-state index in [4.69, 9.17) is 9.47 Å². The third-order valence-corrected chi connectivity index (χ3v) is 6.26. The second kappa shape index (κ2) is 12.9. The lowest BCUT2D eigenvalue weighted by Gasteiger charge is -2.15. The molecule has 0 atom stereocenters. The molecule has 8 heteroatoms. The number of carbonyl (C=O) groups excluding carboxylic acids is 2. The molecule has 2 N–H and O–H groups in total. The number of nitrogens with zero attached hydrogens (tertiary/aromatic N) is 1. The number of anilines is 2. The van der Waals surface area contributed by atoms with E-state index in [1.54, 1.807) is 24.3 Å². The van der Waals surface area contributed by atoms with Crippen LogP contribution in [0.4, 0.5) is 11.4 Å². The molecule has 0 spiro atoms. The van der Waals surface area contributed by atoms with E-state index < -0.39 is 5.91 Å². The Labute approximate surface area is 230 Å². The summed E-state index contributed by atoms with van der Waals surface area (Å²) in [5.41, 5.74) is 5.13. The number of halogens is 1. The smallest absolute Gasteiger partial charge is 0.266 e. The van der Waals surface area contributed by atoms with Crippen molar-refractivity contribution in [3.63, 3.8) is 0 Å². The lowest BCUT2D eigenvalue weighted by atomic mass is 10.1. The first-order chi connectivity index (χ1) is 17.7. The van der Waals surface area contributed by atoms with Crippen molar-refractivity contribution in [2.75, 3.05) is 23.8 Å². The van der Waals surface area contributed by atoms with Gasteiger partial charge in [0.05, 0.1) is 10.2 Å². The van der Waals surface area contributed by atoms with Crippen LogP contribution >= 0.6 is 22.6 Å². The standard InChI is InChI=1S/C29H28IN3O4/c1-5-36-26-15-21(13-22(16-31)29(35)33-23-9-6-18(2)7-10-23)14-25(30)28(26)37-17-27(34)32-24-11-8-19(3)20(4)12-24/h6-15H,5,17H2,1-4H3,(H,32,34)(H,33,35)/b22-13-. The lowest BCUT2D eigenvalue weighted by Crippen LogP contribution is -2.20. The topological polar surface area (TPSA) is 100 Å². The number of carbonyl (C=O) groups is 2. The predicted molar refractivity (Wildman–Crippen MR) is 154 cm³/mol. The summed E-state index contributed by atoms with van der Waals surface area (Å²) in [4.78, 5) is 25.1. The molecular weight excluding hydrogens is 581 g/mol. The zero-order chi connectivity index (χ0) is 26.9. The Balaban J connectivity index is 1.76. The number of amides is 2. The Kier molecular flexibility index (Phi) is 9.69. The molecule has 0 aliphatic heterocycles. The van der Waals surface area contributed by atoms with Gasteiger partial charge in [0.1, 0.15) is 11.6 Å². The maximum Gasteiger partial charge on any atom is 0.266 e. The molecule has 3 rings (SSSR count). The molecule has 7 nitrogen and oxygen atoms in total. The van der Waals surface area contributed by atoms with Gasteiger partial charge in [-0.3, -0.25) is 9.59 Å². The average Bonchev–Trinajstić information content (AvgIpc) is 2.85. The minimum atomic E-state index is -0.511. The van der Waals surface area contributed by atoms with Crippen molar-refractivity contribution >= 4 is 51.9 Å². The summed E-state index contributed by atoms with van der Waals surface area (Å²) in [6, 6.07) is 18.4. The van der Waals surface area contributed by atoms with E-state index in [-0.39, 0.29) is 18.1 Å². The molecule has 0 heterocycles. The first kappa shape index (κ1) is 27.7. The summed E-state index contributed by atoms with van der Waals surface area (Å²) in [5.74, 6) is 0.0148. The number of nitrogens with one attached hydrogen (secondary N) is 2. The fraction of sp³-hybridized carbons (Fsp3) is 0.207. The molecule has 0 aliphatic rings. The van der Waals surface area contributed by atoms with Gasteiger partial charge >= 0.3 is 0 Å². The first-order valence-corrected chi connectivity index (χ1v) is 12.7. The van der Waals surface area contributed by atoms with Gasteiger partial charge in [0.15, 0.2) is 18.1 Å². The van der Waals surface area contributed by atoms with Crippen LogP contribution in [-0.4, -0.2) is 25.0 Å². The maximum atomic E-state index is 12.7. The molecule has 0 aromatic heterocycles. The average molecular weight is 609 g/mol. The highest BCUT2D eigenvalue weighted by Gasteiger charge is 2.16. The number of ether oxygens (including phenoxy) is 2. The fourth-order valence-corrected chi connectivity index (χ4v) is 4.16. The molecule has 2 amide bonds. The second-order valence-corrected chi connectivity index (χ2v) is 9.55. The van der Waals surface area contributed by atoms with E-state index in [0.717, 1.165) is 16.7 Å². The Hall–Kier alpha value is -3.84. The fourth-order valence-electron chi connectivity index (χ4n) is 3.38. The minimum Gasteiger partial charge on any atom is -0.490 e. The van der Waals surface area contributed by atoms with Gasteiger partial charge in [-0.25, -0.2) is 0 Å². The van der Waals surface area contributed by atoms with Crippen LogP contribution in [0.1, 0.15) is 29.2 Å². The van der Waals surface area contributed by atoms with E-state index in [9.17, 15) is 14.9 Å². The van der Waals surface area contributed by atoms with Crippen LogP contribution in [0.3, 0.4) is 0 Å². The SMILES string of the molecule is CCOc1cc(/C=C(/C#N)C(=O)Nc2ccc(C)cc2)cc(I)c1OCC(=O)Nc1ccc(C)c(C)c1. The van der Waals surface area contributed by atoms with E-state index in [1.165, 1.54) is 6.08 Å². The molecule has 0 saturated heterocycles. The monoisotopic (exact) mass is 609 g/mol. The van der Waals surface area contributed by atoms with Gasteiger partial charge < -0.3 is 20.1 Å². The van der Waals surface area contributed by atoms with Crippen molar-refractivity contribution in [2.24, 2.45) is 0 Å². The minimum absolute atomic E-state index is 0.0553. The third-order valence-electron chi connectivity index (χ3n) is 5.46. The number of nitriles is 1. The van der Waals surface area contributed by atoms with Crippen LogP contribution in [0.15, 0.2) is 60.2 Å². The van der Waals surface area contributed by atoms with Crippen molar-refractivity contribution < 1.29 is 19.1 Å². The summed E-state index contributed by atoms with van der Waals surface area (Å²) >= 11 is 2.08.